The molecule has 158 valence electrons. The van der Waals surface area contributed by atoms with Gasteiger partial charge in [-0.1, -0.05) is 18.0 Å². The van der Waals surface area contributed by atoms with Crippen LogP contribution in [0, 0.1) is 6.92 Å². The molecule has 0 spiro atoms. The highest BCUT2D eigenvalue weighted by molar-refractivity contribution is 8.02. The number of nitrogens with one attached hydrogen (secondary N) is 1. The number of aryl methyl sites for hydroxylation is 1. The van der Waals surface area contributed by atoms with E-state index in [0.717, 1.165) is 63.2 Å². The summed E-state index contributed by atoms with van der Waals surface area (Å²) >= 11 is 1.70. The number of thioether (sulfide) groups is 1. The van der Waals surface area contributed by atoms with Crippen LogP contribution < -0.4 is 5.32 Å². The number of anilines is 1. The van der Waals surface area contributed by atoms with Crippen molar-refractivity contribution in [1.29, 1.82) is 0 Å². The summed E-state index contributed by atoms with van der Waals surface area (Å²) < 4.78 is 16.2. The van der Waals surface area contributed by atoms with Crippen LogP contribution in [0.15, 0.2) is 21.2 Å². The maximum absolute atomic E-state index is 12.9. The van der Waals surface area contributed by atoms with Gasteiger partial charge in [-0.25, -0.2) is 4.98 Å². The third-order valence-electron chi connectivity index (χ3n) is 5.96. The first-order valence-electron chi connectivity index (χ1n) is 10.4. The van der Waals surface area contributed by atoms with E-state index in [-0.39, 0.29) is 11.3 Å². The largest absolute Gasteiger partial charge is 0.445 e. The summed E-state index contributed by atoms with van der Waals surface area (Å²) in [4.78, 5) is 17.2. The molecule has 0 atom stereocenters. The van der Waals surface area contributed by atoms with Gasteiger partial charge in [-0.15, -0.1) is 11.8 Å². The average molecular weight is 420 g/mol. The van der Waals surface area contributed by atoms with Crippen molar-refractivity contribution >= 4 is 23.6 Å². The topological polar surface area (TPSA) is 90.4 Å². The lowest BCUT2D eigenvalue weighted by atomic mass is 9.80. The molecule has 0 radical (unpaired) electrons. The van der Waals surface area contributed by atoms with Crippen LogP contribution >= 0.6 is 11.8 Å². The van der Waals surface area contributed by atoms with Crippen molar-refractivity contribution in [3.8, 4) is 0 Å². The molecule has 1 saturated carbocycles. The Morgan fingerprint density at radius 1 is 1.28 bits per heavy atom. The van der Waals surface area contributed by atoms with Crippen LogP contribution in [-0.4, -0.2) is 39.3 Å². The lowest BCUT2D eigenvalue weighted by molar-refractivity contribution is -0.117. The number of oxazole rings is 1. The Bertz CT molecular complexity index is 848. The van der Waals surface area contributed by atoms with Crippen molar-refractivity contribution in [2.75, 3.05) is 18.5 Å². The number of carbonyl (C=O) groups excluding carboxylic acids is 1. The molecule has 0 unspecified atom stereocenters. The second-order valence-electron chi connectivity index (χ2n) is 8.50. The number of hydrogen-bond donors (Lipinski definition) is 1. The lowest BCUT2D eigenvalue weighted by Crippen LogP contribution is -2.37. The van der Waals surface area contributed by atoms with E-state index in [4.69, 9.17) is 13.7 Å². The van der Waals surface area contributed by atoms with E-state index in [9.17, 15) is 4.79 Å². The number of amides is 1. The standard InChI is InChI=1S/C21H29N3O4S/c1-14-22-13-17(27-14)21(8-4-5-9-21)16-12-18(28-24-16)23-19(25)20(2,3)29-15-6-10-26-11-7-15/h12-13,15H,4-11H2,1-3H3,(H,23,25). The number of hydrogen-bond acceptors (Lipinski definition) is 7. The second kappa shape index (κ2) is 8.14. The smallest absolute Gasteiger partial charge is 0.242 e. The minimum atomic E-state index is -0.567. The summed E-state index contributed by atoms with van der Waals surface area (Å²) in [6.45, 7) is 7.29. The van der Waals surface area contributed by atoms with Crippen molar-refractivity contribution < 1.29 is 18.5 Å². The van der Waals surface area contributed by atoms with Crippen molar-refractivity contribution in [1.82, 2.24) is 10.1 Å². The van der Waals surface area contributed by atoms with Gasteiger partial charge >= 0.3 is 0 Å². The quantitative estimate of drug-likeness (QED) is 0.739. The first-order chi connectivity index (χ1) is 13.9. The molecule has 4 rings (SSSR count). The predicted molar refractivity (Wildman–Crippen MR) is 111 cm³/mol. The molecule has 1 saturated heterocycles. The lowest BCUT2D eigenvalue weighted by Gasteiger charge is -2.30. The van der Waals surface area contributed by atoms with Gasteiger partial charge in [-0.05, 0) is 39.5 Å². The molecule has 2 aromatic heterocycles. The zero-order valence-electron chi connectivity index (χ0n) is 17.3. The number of aromatic nitrogens is 2. The Balaban J connectivity index is 1.47. The fourth-order valence-electron chi connectivity index (χ4n) is 4.28. The Morgan fingerprint density at radius 3 is 2.66 bits per heavy atom. The summed E-state index contributed by atoms with van der Waals surface area (Å²) in [5.41, 5.74) is 0.483. The van der Waals surface area contributed by atoms with Crippen molar-refractivity contribution in [3.05, 3.63) is 29.6 Å². The van der Waals surface area contributed by atoms with Crippen molar-refractivity contribution in [3.63, 3.8) is 0 Å². The Labute approximate surface area is 175 Å². The molecule has 1 amide bonds. The monoisotopic (exact) mass is 419 g/mol. The molecule has 2 aliphatic rings. The second-order valence-corrected chi connectivity index (χ2v) is 10.4. The maximum atomic E-state index is 12.9. The minimum Gasteiger partial charge on any atom is -0.445 e. The summed E-state index contributed by atoms with van der Waals surface area (Å²) in [5, 5.41) is 7.67. The van der Waals surface area contributed by atoms with E-state index in [0.29, 0.717) is 17.0 Å². The van der Waals surface area contributed by atoms with Gasteiger partial charge in [0.15, 0.2) is 5.89 Å². The number of carbonyl (C=O) groups is 1. The highest BCUT2D eigenvalue weighted by Gasteiger charge is 2.43. The number of rotatable bonds is 6. The van der Waals surface area contributed by atoms with Gasteiger partial charge in [-0.2, -0.15) is 0 Å². The first kappa shape index (κ1) is 20.5. The van der Waals surface area contributed by atoms with Gasteiger partial charge in [0.2, 0.25) is 11.8 Å². The zero-order chi connectivity index (χ0) is 20.5. The van der Waals surface area contributed by atoms with E-state index < -0.39 is 4.75 Å². The molecular formula is C21H29N3O4S. The molecule has 1 aliphatic carbocycles. The average Bonchev–Trinajstić information content (AvgIpc) is 3.43. The predicted octanol–water partition coefficient (Wildman–Crippen LogP) is 4.46. The Kier molecular flexibility index (Phi) is 5.75. The fourth-order valence-corrected chi connectivity index (χ4v) is 5.70. The van der Waals surface area contributed by atoms with E-state index in [1.165, 1.54) is 0 Å². The zero-order valence-corrected chi connectivity index (χ0v) is 18.1. The third-order valence-corrected chi connectivity index (χ3v) is 7.54. The summed E-state index contributed by atoms with van der Waals surface area (Å²) in [7, 11) is 0. The molecule has 7 nitrogen and oxygen atoms in total. The van der Waals surface area contributed by atoms with Crippen LogP contribution in [0.1, 0.15) is 69.7 Å². The van der Waals surface area contributed by atoms with Crippen LogP contribution in [-0.2, 0) is 14.9 Å². The van der Waals surface area contributed by atoms with Gasteiger partial charge in [0.05, 0.1) is 22.1 Å². The SMILES string of the molecule is Cc1ncc(C2(c3cc(NC(=O)C(C)(C)SC4CCOCC4)on3)CCCC2)o1. The molecule has 2 fully saturated rings. The van der Waals surface area contributed by atoms with Gasteiger partial charge in [0.1, 0.15) is 5.76 Å². The van der Waals surface area contributed by atoms with Gasteiger partial charge in [0.25, 0.3) is 0 Å². The third kappa shape index (κ3) is 4.23. The van der Waals surface area contributed by atoms with E-state index in [2.05, 4.69) is 15.5 Å². The van der Waals surface area contributed by atoms with Crippen molar-refractivity contribution in [2.45, 2.75) is 74.7 Å². The van der Waals surface area contributed by atoms with Crippen LogP contribution in [0.2, 0.25) is 0 Å². The summed E-state index contributed by atoms with van der Waals surface area (Å²) in [5.74, 6) is 1.78. The Morgan fingerprint density at radius 2 is 2.00 bits per heavy atom. The molecule has 2 aromatic rings. The first-order valence-corrected chi connectivity index (χ1v) is 11.2. The highest BCUT2D eigenvalue weighted by Crippen LogP contribution is 2.46. The molecule has 29 heavy (non-hydrogen) atoms. The normalized spacial score (nSPS) is 20.1. The molecule has 0 aromatic carbocycles. The molecule has 1 aliphatic heterocycles. The fraction of sp³-hybridized carbons (Fsp3) is 0.667. The summed E-state index contributed by atoms with van der Waals surface area (Å²) in [6.07, 6.45) is 7.83. The Hall–Kier alpha value is -1.80. The van der Waals surface area contributed by atoms with E-state index >= 15 is 0 Å². The van der Waals surface area contributed by atoms with Gasteiger partial charge in [0, 0.05) is 31.5 Å². The van der Waals surface area contributed by atoms with Crippen LogP contribution in [0.3, 0.4) is 0 Å². The highest BCUT2D eigenvalue weighted by atomic mass is 32.2. The minimum absolute atomic E-state index is 0.0762. The van der Waals surface area contributed by atoms with E-state index in [1.807, 2.05) is 26.8 Å². The molecule has 0 bridgehead atoms. The number of nitrogens with zero attached hydrogens (tertiary/aromatic N) is 2. The molecule has 3 heterocycles. The molecule has 1 N–H and O–H groups in total. The van der Waals surface area contributed by atoms with Crippen LogP contribution in [0.5, 0.6) is 0 Å². The van der Waals surface area contributed by atoms with Crippen molar-refractivity contribution in [2.24, 2.45) is 0 Å². The van der Waals surface area contributed by atoms with Gasteiger partial charge < -0.3 is 13.7 Å². The molecule has 8 heteroatoms. The van der Waals surface area contributed by atoms with E-state index in [1.54, 1.807) is 18.0 Å². The van der Waals surface area contributed by atoms with Crippen LogP contribution in [0.25, 0.3) is 0 Å². The molecular weight excluding hydrogens is 390 g/mol. The maximum Gasteiger partial charge on any atom is 0.242 e. The van der Waals surface area contributed by atoms with Gasteiger partial charge in [-0.3, -0.25) is 10.1 Å². The van der Waals surface area contributed by atoms with Crippen LogP contribution in [0.4, 0.5) is 5.88 Å². The number of ether oxygens (including phenoxy) is 1. The summed E-state index contributed by atoms with van der Waals surface area (Å²) in [6, 6.07) is 1.84.